The Bertz CT molecular complexity index is 792. The van der Waals surface area contributed by atoms with E-state index >= 15 is 0 Å². The number of benzene rings is 2. The second-order valence-corrected chi connectivity index (χ2v) is 6.48. The molecule has 0 bridgehead atoms. The summed E-state index contributed by atoms with van der Waals surface area (Å²) in [5, 5.41) is 40.4. The second kappa shape index (κ2) is 6.95. The maximum absolute atomic E-state index is 12.4. The fourth-order valence-electron chi connectivity index (χ4n) is 3.09. The zero-order valence-corrected chi connectivity index (χ0v) is 13.8. The van der Waals surface area contributed by atoms with Crippen LogP contribution in [0.2, 0.25) is 0 Å². The lowest BCUT2D eigenvalue weighted by atomic mass is 9.86. The van der Waals surface area contributed by atoms with Gasteiger partial charge in [-0.05, 0) is 48.2 Å². The molecule has 1 saturated heterocycles. The molecule has 3 rings (SSSR count). The lowest BCUT2D eigenvalue weighted by Gasteiger charge is -2.28. The normalized spacial score (nSPS) is 20.0. The smallest absolute Gasteiger partial charge is 0.224 e. The number of phenolic OH excluding ortho intramolecular Hbond substituents is 4. The monoisotopic (exact) mass is 357 g/mol. The molecule has 7 nitrogen and oxygen atoms in total. The van der Waals surface area contributed by atoms with Crippen LogP contribution in [0.15, 0.2) is 36.4 Å². The van der Waals surface area contributed by atoms with Crippen LogP contribution in [0, 0.1) is 5.92 Å². The van der Waals surface area contributed by atoms with E-state index in [1.54, 1.807) is 12.1 Å². The number of hydrogen-bond acceptors (Lipinski definition) is 6. The molecule has 1 aliphatic heterocycles. The van der Waals surface area contributed by atoms with Crippen LogP contribution in [-0.2, 0) is 22.4 Å². The Hall–Kier alpha value is -3.22. The summed E-state index contributed by atoms with van der Waals surface area (Å²) in [6, 6.07) is 7.90. The zero-order valence-electron chi connectivity index (χ0n) is 13.8. The number of carbonyl (C=O) groups excluding carboxylic acids is 2. The van der Waals surface area contributed by atoms with E-state index in [1.165, 1.54) is 24.3 Å². The molecule has 0 saturated carbocycles. The van der Waals surface area contributed by atoms with Gasteiger partial charge < -0.3 is 25.7 Å². The lowest BCUT2D eigenvalue weighted by molar-refractivity contribution is -0.136. The van der Waals surface area contributed by atoms with E-state index in [1.807, 2.05) is 0 Å². The summed E-state index contributed by atoms with van der Waals surface area (Å²) in [7, 11) is 0. The van der Waals surface area contributed by atoms with Gasteiger partial charge in [-0.15, -0.1) is 0 Å². The van der Waals surface area contributed by atoms with Crippen LogP contribution in [0.25, 0.3) is 0 Å². The van der Waals surface area contributed by atoms with Gasteiger partial charge in [-0.2, -0.15) is 0 Å². The molecule has 2 unspecified atom stereocenters. The summed E-state index contributed by atoms with van der Waals surface area (Å²) in [5.74, 6) is -1.96. The zero-order chi connectivity index (χ0) is 18.8. The SMILES string of the molecule is O=C1NC(Cc2ccc(O)c(O)c2)C(=O)CC1Cc1ccc(O)c(O)c1. The third kappa shape index (κ3) is 3.72. The lowest BCUT2D eigenvalue weighted by Crippen LogP contribution is -2.51. The Labute approximate surface area is 149 Å². The first-order valence-electron chi connectivity index (χ1n) is 8.18. The van der Waals surface area contributed by atoms with Crippen molar-refractivity contribution in [3.63, 3.8) is 0 Å². The van der Waals surface area contributed by atoms with E-state index in [2.05, 4.69) is 5.32 Å². The molecule has 1 heterocycles. The molecular weight excluding hydrogens is 338 g/mol. The highest BCUT2D eigenvalue weighted by Crippen LogP contribution is 2.29. The highest BCUT2D eigenvalue weighted by atomic mass is 16.3. The maximum atomic E-state index is 12.4. The van der Waals surface area contributed by atoms with Gasteiger partial charge in [0.25, 0.3) is 0 Å². The van der Waals surface area contributed by atoms with Crippen molar-refractivity contribution in [1.29, 1.82) is 0 Å². The predicted octanol–water partition coefficient (Wildman–Crippen LogP) is 1.37. The number of Topliss-reactive ketones (excluding diaryl/α,β-unsaturated/α-hetero) is 1. The van der Waals surface area contributed by atoms with E-state index in [0.717, 1.165) is 0 Å². The number of rotatable bonds is 4. The number of phenols is 4. The van der Waals surface area contributed by atoms with Crippen LogP contribution in [0.1, 0.15) is 17.5 Å². The van der Waals surface area contributed by atoms with Crippen molar-refractivity contribution in [2.75, 3.05) is 0 Å². The molecule has 2 aromatic carbocycles. The van der Waals surface area contributed by atoms with E-state index in [-0.39, 0.29) is 54.0 Å². The predicted molar refractivity (Wildman–Crippen MR) is 92.0 cm³/mol. The number of ketones is 1. The first-order valence-corrected chi connectivity index (χ1v) is 8.18. The van der Waals surface area contributed by atoms with Crippen LogP contribution in [0.5, 0.6) is 23.0 Å². The van der Waals surface area contributed by atoms with Crippen molar-refractivity contribution in [3.05, 3.63) is 47.5 Å². The van der Waals surface area contributed by atoms with Gasteiger partial charge in [0.15, 0.2) is 28.8 Å². The van der Waals surface area contributed by atoms with Crippen molar-refractivity contribution in [1.82, 2.24) is 5.32 Å². The minimum atomic E-state index is -0.684. The molecule has 7 heteroatoms. The summed E-state index contributed by atoms with van der Waals surface area (Å²) in [5.41, 5.74) is 1.27. The molecule has 136 valence electrons. The summed E-state index contributed by atoms with van der Waals surface area (Å²) in [4.78, 5) is 24.8. The molecule has 0 spiro atoms. The third-order valence-corrected chi connectivity index (χ3v) is 4.53. The third-order valence-electron chi connectivity index (χ3n) is 4.53. The van der Waals surface area contributed by atoms with Crippen LogP contribution >= 0.6 is 0 Å². The molecule has 26 heavy (non-hydrogen) atoms. The molecule has 1 fully saturated rings. The highest BCUT2D eigenvalue weighted by Gasteiger charge is 2.34. The summed E-state index contributed by atoms with van der Waals surface area (Å²) < 4.78 is 0. The molecule has 0 aliphatic carbocycles. The summed E-state index contributed by atoms with van der Waals surface area (Å²) in [6.07, 6.45) is 0.575. The number of hydrogen-bond donors (Lipinski definition) is 5. The maximum Gasteiger partial charge on any atom is 0.224 e. The first kappa shape index (κ1) is 17.6. The van der Waals surface area contributed by atoms with Crippen LogP contribution in [-0.4, -0.2) is 38.2 Å². The van der Waals surface area contributed by atoms with E-state index in [9.17, 15) is 30.0 Å². The Morgan fingerprint density at radius 3 is 1.88 bits per heavy atom. The molecule has 0 aromatic heterocycles. The van der Waals surface area contributed by atoms with Gasteiger partial charge in [0.2, 0.25) is 5.91 Å². The molecule has 0 radical (unpaired) electrons. The Morgan fingerprint density at radius 1 is 0.808 bits per heavy atom. The highest BCUT2D eigenvalue weighted by molar-refractivity contribution is 5.97. The molecule has 1 aliphatic rings. The fraction of sp³-hybridized carbons (Fsp3) is 0.263. The Balaban J connectivity index is 1.66. The number of amides is 1. The molecule has 1 amide bonds. The van der Waals surface area contributed by atoms with E-state index < -0.39 is 12.0 Å². The quantitative estimate of drug-likeness (QED) is 0.526. The second-order valence-electron chi connectivity index (χ2n) is 6.48. The first-order chi connectivity index (χ1) is 12.3. The van der Waals surface area contributed by atoms with Gasteiger partial charge in [0, 0.05) is 12.3 Å². The van der Waals surface area contributed by atoms with E-state index in [4.69, 9.17) is 0 Å². The fourth-order valence-corrected chi connectivity index (χ4v) is 3.09. The van der Waals surface area contributed by atoms with Crippen LogP contribution in [0.4, 0.5) is 0 Å². The van der Waals surface area contributed by atoms with Gasteiger partial charge in [0.1, 0.15) is 0 Å². The average molecular weight is 357 g/mol. The van der Waals surface area contributed by atoms with Crippen molar-refractivity contribution in [3.8, 4) is 23.0 Å². The number of carbonyl (C=O) groups is 2. The number of piperidine rings is 1. The molecule has 2 atom stereocenters. The summed E-state index contributed by atoms with van der Waals surface area (Å²) >= 11 is 0. The topological polar surface area (TPSA) is 127 Å². The molecular formula is C19H19NO6. The Morgan fingerprint density at radius 2 is 1.35 bits per heavy atom. The van der Waals surface area contributed by atoms with Crippen molar-refractivity contribution in [2.45, 2.75) is 25.3 Å². The van der Waals surface area contributed by atoms with Gasteiger partial charge >= 0.3 is 0 Å². The Kier molecular flexibility index (Phi) is 4.71. The minimum Gasteiger partial charge on any atom is -0.504 e. The van der Waals surface area contributed by atoms with Crippen molar-refractivity contribution < 1.29 is 30.0 Å². The van der Waals surface area contributed by atoms with Gasteiger partial charge in [0.05, 0.1) is 6.04 Å². The van der Waals surface area contributed by atoms with Gasteiger partial charge in [-0.3, -0.25) is 9.59 Å². The number of aromatic hydroxyl groups is 4. The van der Waals surface area contributed by atoms with Gasteiger partial charge in [-0.1, -0.05) is 12.1 Å². The van der Waals surface area contributed by atoms with Crippen LogP contribution < -0.4 is 5.32 Å². The van der Waals surface area contributed by atoms with Crippen molar-refractivity contribution >= 4 is 11.7 Å². The van der Waals surface area contributed by atoms with Gasteiger partial charge in [-0.25, -0.2) is 0 Å². The minimum absolute atomic E-state index is 0.0716. The molecule has 5 N–H and O–H groups in total. The average Bonchev–Trinajstić information content (AvgIpc) is 2.59. The van der Waals surface area contributed by atoms with Crippen LogP contribution in [0.3, 0.4) is 0 Å². The van der Waals surface area contributed by atoms with E-state index in [0.29, 0.717) is 11.1 Å². The number of nitrogens with one attached hydrogen (secondary N) is 1. The summed E-state index contributed by atoms with van der Waals surface area (Å²) in [6.45, 7) is 0. The largest absolute Gasteiger partial charge is 0.504 e. The molecule has 2 aromatic rings. The standard InChI is InChI=1S/C19H19NO6/c21-14-3-1-10(7-17(14)24)5-12-9-16(23)13(20-19(12)26)6-11-2-4-15(22)18(25)8-11/h1-4,7-8,12-13,21-22,24-25H,5-6,9H2,(H,20,26). The van der Waals surface area contributed by atoms with Crippen molar-refractivity contribution in [2.24, 2.45) is 5.92 Å².